The molecule has 0 fully saturated rings. The SMILES string of the molecule is O=C(O)CCCCCCC(=O)On1c(O)cc(S(=O)(=O)O)c1O. The maximum Gasteiger partial charge on any atom is 0.333 e. The van der Waals surface area contributed by atoms with Crippen LogP contribution in [0, 0.1) is 0 Å². The zero-order chi connectivity index (χ0) is 17.6. The lowest BCUT2D eigenvalue weighted by atomic mass is 10.1. The van der Waals surface area contributed by atoms with E-state index in [4.69, 9.17) is 9.66 Å². The number of hydrogen-bond donors (Lipinski definition) is 4. The number of carboxylic acids is 1. The summed E-state index contributed by atoms with van der Waals surface area (Å²) in [7, 11) is -4.78. The molecular weight excluding hydrogens is 334 g/mol. The van der Waals surface area contributed by atoms with Crippen molar-refractivity contribution in [2.24, 2.45) is 0 Å². The molecule has 0 bridgehead atoms. The molecule has 10 nitrogen and oxygen atoms in total. The van der Waals surface area contributed by atoms with Gasteiger partial charge in [-0.15, -0.1) is 4.73 Å². The molecular formula is C12H17NO9S. The van der Waals surface area contributed by atoms with Gasteiger partial charge in [0.15, 0.2) is 4.90 Å². The minimum atomic E-state index is -4.78. The lowest BCUT2D eigenvalue weighted by Crippen LogP contribution is -2.18. The van der Waals surface area contributed by atoms with Crippen LogP contribution in [0.5, 0.6) is 11.8 Å². The highest BCUT2D eigenvalue weighted by atomic mass is 32.2. The van der Waals surface area contributed by atoms with Crippen LogP contribution in [0.1, 0.15) is 38.5 Å². The number of unbranched alkanes of at least 4 members (excludes halogenated alkanes) is 3. The quantitative estimate of drug-likeness (QED) is 0.367. The van der Waals surface area contributed by atoms with Gasteiger partial charge in [-0.05, 0) is 12.8 Å². The Balaban J connectivity index is 2.49. The molecule has 0 unspecified atom stereocenters. The molecule has 1 aromatic heterocycles. The predicted octanol–water partition coefficient (Wildman–Crippen LogP) is 0.526. The minimum absolute atomic E-state index is 0.0496. The second-order valence-electron chi connectivity index (χ2n) is 4.73. The highest BCUT2D eigenvalue weighted by molar-refractivity contribution is 7.86. The predicted molar refractivity (Wildman–Crippen MR) is 74.5 cm³/mol. The Kier molecular flexibility index (Phi) is 6.39. The average Bonchev–Trinajstić information content (AvgIpc) is 2.70. The average molecular weight is 351 g/mol. The van der Waals surface area contributed by atoms with E-state index >= 15 is 0 Å². The summed E-state index contributed by atoms with van der Waals surface area (Å²) in [5.74, 6) is -3.73. The highest BCUT2D eigenvalue weighted by Gasteiger charge is 2.25. The summed E-state index contributed by atoms with van der Waals surface area (Å²) < 4.78 is 30.8. The maximum absolute atomic E-state index is 11.5. The molecule has 0 aromatic carbocycles. The van der Waals surface area contributed by atoms with Gasteiger partial charge in [-0.3, -0.25) is 9.35 Å². The first-order valence-corrected chi connectivity index (χ1v) is 8.11. The summed E-state index contributed by atoms with van der Waals surface area (Å²) in [5, 5.41) is 27.4. The van der Waals surface area contributed by atoms with Crippen molar-refractivity contribution in [2.75, 3.05) is 0 Å². The van der Waals surface area contributed by atoms with E-state index in [9.17, 15) is 28.2 Å². The van der Waals surface area contributed by atoms with Crippen molar-refractivity contribution in [3.63, 3.8) is 0 Å². The molecule has 11 heteroatoms. The third-order valence-corrected chi connectivity index (χ3v) is 3.73. The number of rotatable bonds is 9. The minimum Gasteiger partial charge on any atom is -0.492 e. The molecule has 0 saturated carbocycles. The van der Waals surface area contributed by atoms with Gasteiger partial charge in [0.1, 0.15) is 0 Å². The molecule has 0 aliphatic rings. The normalized spacial score (nSPS) is 11.3. The number of carbonyl (C=O) groups excluding carboxylic acids is 1. The molecule has 0 amide bonds. The Labute approximate surface area is 131 Å². The van der Waals surface area contributed by atoms with Crippen molar-refractivity contribution in [1.82, 2.24) is 4.73 Å². The van der Waals surface area contributed by atoms with E-state index in [1.54, 1.807) is 0 Å². The summed E-state index contributed by atoms with van der Waals surface area (Å²) in [6, 6.07) is 0.532. The fraction of sp³-hybridized carbons (Fsp3) is 0.500. The Morgan fingerprint density at radius 2 is 1.65 bits per heavy atom. The molecule has 0 aliphatic heterocycles. The van der Waals surface area contributed by atoms with Crippen LogP contribution in [0.2, 0.25) is 0 Å². The maximum atomic E-state index is 11.5. The van der Waals surface area contributed by atoms with E-state index in [1.165, 1.54) is 0 Å². The van der Waals surface area contributed by atoms with E-state index in [1.807, 2.05) is 0 Å². The van der Waals surface area contributed by atoms with Crippen LogP contribution in [0.4, 0.5) is 0 Å². The van der Waals surface area contributed by atoms with Crippen molar-refractivity contribution >= 4 is 22.1 Å². The van der Waals surface area contributed by atoms with Gasteiger partial charge in [-0.2, -0.15) is 8.42 Å². The summed E-state index contributed by atoms with van der Waals surface area (Å²) in [6.07, 6.45) is 2.06. The molecule has 130 valence electrons. The number of carboxylic acid groups (broad SMARTS) is 1. The Bertz CT molecular complexity index is 677. The largest absolute Gasteiger partial charge is 0.492 e. The van der Waals surface area contributed by atoms with E-state index in [2.05, 4.69) is 4.84 Å². The first-order valence-electron chi connectivity index (χ1n) is 6.67. The number of aliphatic carboxylic acids is 1. The first-order chi connectivity index (χ1) is 10.6. The second-order valence-corrected chi connectivity index (χ2v) is 6.12. The van der Waals surface area contributed by atoms with Gasteiger partial charge in [-0.25, -0.2) is 4.79 Å². The number of hydrogen-bond acceptors (Lipinski definition) is 7. The van der Waals surface area contributed by atoms with Crippen LogP contribution < -0.4 is 4.84 Å². The molecule has 0 atom stereocenters. The molecule has 1 heterocycles. The topological polar surface area (TPSA) is 163 Å². The lowest BCUT2D eigenvalue weighted by molar-refractivity contribution is -0.145. The molecule has 4 N–H and O–H groups in total. The van der Waals surface area contributed by atoms with Crippen LogP contribution in [0.25, 0.3) is 0 Å². The monoisotopic (exact) mass is 351 g/mol. The van der Waals surface area contributed by atoms with Gasteiger partial charge in [-0.1, -0.05) is 12.8 Å². The zero-order valence-electron chi connectivity index (χ0n) is 12.0. The van der Waals surface area contributed by atoms with Crippen molar-refractivity contribution in [3.8, 4) is 11.8 Å². The Hall–Kier alpha value is -2.27. The van der Waals surface area contributed by atoms with E-state index < -0.39 is 38.7 Å². The Morgan fingerprint density at radius 1 is 1.09 bits per heavy atom. The lowest BCUT2D eigenvalue weighted by Gasteiger charge is -2.07. The molecule has 1 rings (SSSR count). The molecule has 0 radical (unpaired) electrons. The van der Waals surface area contributed by atoms with E-state index in [0.29, 0.717) is 31.7 Å². The van der Waals surface area contributed by atoms with Gasteiger partial charge in [0.25, 0.3) is 16.0 Å². The summed E-state index contributed by atoms with van der Waals surface area (Å²) >= 11 is 0. The fourth-order valence-corrected chi connectivity index (χ4v) is 2.34. The zero-order valence-corrected chi connectivity index (χ0v) is 12.8. The molecule has 1 aromatic rings. The molecule has 23 heavy (non-hydrogen) atoms. The van der Waals surface area contributed by atoms with Crippen LogP contribution in [-0.2, 0) is 19.7 Å². The van der Waals surface area contributed by atoms with Crippen LogP contribution in [-0.4, -0.2) is 45.0 Å². The number of aromatic nitrogens is 1. The van der Waals surface area contributed by atoms with Gasteiger partial charge >= 0.3 is 11.9 Å². The van der Waals surface area contributed by atoms with Crippen LogP contribution in [0.3, 0.4) is 0 Å². The van der Waals surface area contributed by atoms with Gasteiger partial charge < -0.3 is 20.2 Å². The number of carbonyl (C=O) groups is 2. The number of nitrogens with zero attached hydrogens (tertiary/aromatic N) is 1. The molecule has 0 aliphatic carbocycles. The second kappa shape index (κ2) is 7.83. The van der Waals surface area contributed by atoms with Crippen molar-refractivity contribution < 1.29 is 42.7 Å². The number of aromatic hydroxyl groups is 2. The van der Waals surface area contributed by atoms with Gasteiger partial charge in [0, 0.05) is 18.9 Å². The third-order valence-electron chi connectivity index (χ3n) is 2.87. The smallest absolute Gasteiger partial charge is 0.333 e. The van der Waals surface area contributed by atoms with E-state index in [-0.39, 0.29) is 17.6 Å². The van der Waals surface area contributed by atoms with Crippen molar-refractivity contribution in [1.29, 1.82) is 0 Å². The Morgan fingerprint density at radius 3 is 2.13 bits per heavy atom. The van der Waals surface area contributed by atoms with Crippen LogP contribution in [0.15, 0.2) is 11.0 Å². The van der Waals surface area contributed by atoms with Crippen molar-refractivity contribution in [2.45, 2.75) is 43.4 Å². The fourth-order valence-electron chi connectivity index (χ4n) is 1.78. The standard InChI is InChI=1S/C12H17NO9S/c14-9-7-8(23(19,20)21)12(18)13(9)22-11(17)6-4-2-1-3-5-10(15)16/h7,14,18H,1-6H2,(H,15,16)(H,19,20,21). The van der Waals surface area contributed by atoms with Crippen molar-refractivity contribution in [3.05, 3.63) is 6.07 Å². The van der Waals surface area contributed by atoms with Crippen LogP contribution >= 0.6 is 0 Å². The highest BCUT2D eigenvalue weighted by Crippen LogP contribution is 2.30. The third kappa shape index (κ3) is 5.79. The van der Waals surface area contributed by atoms with Gasteiger partial charge in [0.05, 0.1) is 0 Å². The molecule has 0 spiro atoms. The summed E-state index contributed by atoms with van der Waals surface area (Å²) in [5.41, 5.74) is 0. The molecule has 0 saturated heterocycles. The summed E-state index contributed by atoms with van der Waals surface area (Å²) in [6.45, 7) is 0. The van der Waals surface area contributed by atoms with E-state index in [0.717, 1.165) is 0 Å². The van der Waals surface area contributed by atoms with Gasteiger partial charge in [0.2, 0.25) is 5.88 Å². The summed E-state index contributed by atoms with van der Waals surface area (Å²) in [4.78, 5) is 25.5. The first kappa shape index (κ1) is 18.8.